The summed E-state index contributed by atoms with van der Waals surface area (Å²) in [7, 11) is 2.84. The van der Waals surface area contributed by atoms with Gasteiger partial charge in [-0.2, -0.15) is 0 Å². The quantitative estimate of drug-likeness (QED) is 0.473. The Balaban J connectivity index is 2.10. The highest BCUT2D eigenvalue weighted by molar-refractivity contribution is 5.76. The smallest absolute Gasteiger partial charge is 0.323 e. The van der Waals surface area contributed by atoms with Gasteiger partial charge < -0.3 is 10.5 Å². The Morgan fingerprint density at radius 3 is 2.71 bits per heavy atom. The predicted octanol–water partition coefficient (Wildman–Crippen LogP) is 0.709. The Bertz CT molecular complexity index is 468. The molecular formula is C15H22N2O4. The number of carbonyl (C=O) groups excluding carboxylic acids is 1. The summed E-state index contributed by atoms with van der Waals surface area (Å²) in [5.41, 5.74) is 6.82. The Morgan fingerprint density at radius 2 is 2.10 bits per heavy atom. The van der Waals surface area contributed by atoms with Crippen molar-refractivity contribution in [2.75, 3.05) is 27.4 Å². The summed E-state index contributed by atoms with van der Waals surface area (Å²) in [4.78, 5) is 23.6. The van der Waals surface area contributed by atoms with E-state index in [-0.39, 0.29) is 18.6 Å². The van der Waals surface area contributed by atoms with Gasteiger partial charge in [-0.1, -0.05) is 30.3 Å². The fraction of sp³-hybridized carbons (Fsp3) is 0.533. The van der Waals surface area contributed by atoms with E-state index < -0.39 is 5.54 Å². The summed E-state index contributed by atoms with van der Waals surface area (Å²) in [5.74, 6) is -0.268. The maximum atomic E-state index is 12.0. The van der Waals surface area contributed by atoms with Crippen molar-refractivity contribution < 1.29 is 19.3 Å². The molecule has 1 aromatic carbocycles. The first-order chi connectivity index (χ1) is 10.1. The molecule has 0 unspecified atom stereocenters. The minimum absolute atomic E-state index is 0.238. The maximum absolute atomic E-state index is 12.0. The highest BCUT2D eigenvalue weighted by Crippen LogP contribution is 2.28. The van der Waals surface area contributed by atoms with Gasteiger partial charge in [0.05, 0.1) is 19.8 Å². The standard InChI is InChI=1S/C15H22N2O4/c1-19-14(18)13-8-15(16,11-21-20-2)10-17(13)9-12-6-4-3-5-7-12/h3-7,13H,8-11,16H2,1-2H3/t13-,15-/m1/s1. The van der Waals surface area contributed by atoms with E-state index in [1.807, 2.05) is 35.2 Å². The van der Waals surface area contributed by atoms with Crippen LogP contribution in [0.5, 0.6) is 0 Å². The van der Waals surface area contributed by atoms with Gasteiger partial charge in [0.25, 0.3) is 0 Å². The SMILES string of the molecule is COOC[C@@]1(N)C[C@H](C(=O)OC)N(Cc2ccccc2)C1. The van der Waals surface area contributed by atoms with Crippen LogP contribution in [-0.4, -0.2) is 49.8 Å². The number of hydrogen-bond acceptors (Lipinski definition) is 6. The van der Waals surface area contributed by atoms with Gasteiger partial charge in [-0.05, 0) is 12.0 Å². The molecule has 6 nitrogen and oxygen atoms in total. The third-order valence-electron chi connectivity index (χ3n) is 3.72. The first kappa shape index (κ1) is 15.9. The molecule has 6 heteroatoms. The number of ether oxygens (including phenoxy) is 1. The number of nitrogens with zero attached hydrogens (tertiary/aromatic N) is 1. The summed E-state index contributed by atoms with van der Waals surface area (Å²) in [6.07, 6.45) is 0.482. The topological polar surface area (TPSA) is 74.0 Å². The van der Waals surface area contributed by atoms with Crippen molar-refractivity contribution in [1.82, 2.24) is 4.90 Å². The number of rotatable bonds is 6. The van der Waals surface area contributed by atoms with Crippen LogP contribution in [0, 0.1) is 0 Å². The Morgan fingerprint density at radius 1 is 1.38 bits per heavy atom. The molecule has 0 spiro atoms. The molecular weight excluding hydrogens is 272 g/mol. The van der Waals surface area contributed by atoms with E-state index in [0.717, 1.165) is 5.56 Å². The number of esters is 1. The highest BCUT2D eigenvalue weighted by Gasteiger charge is 2.45. The fourth-order valence-corrected chi connectivity index (χ4v) is 2.73. The second-order valence-corrected chi connectivity index (χ2v) is 5.42. The lowest BCUT2D eigenvalue weighted by Crippen LogP contribution is -2.46. The molecule has 2 atom stereocenters. The van der Waals surface area contributed by atoms with E-state index in [1.165, 1.54) is 14.2 Å². The lowest BCUT2D eigenvalue weighted by atomic mass is 9.99. The van der Waals surface area contributed by atoms with E-state index in [0.29, 0.717) is 19.5 Å². The second-order valence-electron chi connectivity index (χ2n) is 5.42. The molecule has 0 bridgehead atoms. The number of likely N-dealkylation sites (tertiary alicyclic amines) is 1. The molecule has 1 aliphatic rings. The van der Waals surface area contributed by atoms with Crippen LogP contribution in [0.4, 0.5) is 0 Å². The van der Waals surface area contributed by atoms with Crippen LogP contribution in [0.3, 0.4) is 0 Å². The van der Waals surface area contributed by atoms with Crippen LogP contribution in [0.1, 0.15) is 12.0 Å². The average Bonchev–Trinajstić information content (AvgIpc) is 2.83. The highest BCUT2D eigenvalue weighted by atomic mass is 17.2. The first-order valence-electron chi connectivity index (χ1n) is 6.88. The van der Waals surface area contributed by atoms with Crippen LogP contribution in [0.15, 0.2) is 30.3 Å². The zero-order valence-corrected chi connectivity index (χ0v) is 12.5. The first-order valence-corrected chi connectivity index (χ1v) is 6.88. The van der Waals surface area contributed by atoms with Gasteiger partial charge in [0.2, 0.25) is 0 Å². The maximum Gasteiger partial charge on any atom is 0.323 e. The average molecular weight is 294 g/mol. The predicted molar refractivity (Wildman–Crippen MR) is 77.2 cm³/mol. The normalized spacial score (nSPS) is 26.0. The Labute approximate surface area is 124 Å². The number of carbonyl (C=O) groups is 1. The van der Waals surface area contributed by atoms with Crippen molar-refractivity contribution in [2.45, 2.75) is 24.5 Å². The van der Waals surface area contributed by atoms with Crippen molar-refractivity contribution in [3.8, 4) is 0 Å². The lowest BCUT2D eigenvalue weighted by molar-refractivity contribution is -0.281. The Kier molecular flexibility index (Phi) is 5.30. The van der Waals surface area contributed by atoms with Crippen LogP contribution < -0.4 is 5.73 Å². The van der Waals surface area contributed by atoms with E-state index in [1.54, 1.807) is 0 Å². The monoisotopic (exact) mass is 294 g/mol. The Hall–Kier alpha value is -1.47. The number of hydrogen-bond donors (Lipinski definition) is 1. The van der Waals surface area contributed by atoms with Gasteiger partial charge in [0, 0.05) is 13.1 Å². The zero-order valence-electron chi connectivity index (χ0n) is 12.5. The minimum atomic E-state index is -0.621. The van der Waals surface area contributed by atoms with Gasteiger partial charge in [-0.25, -0.2) is 9.78 Å². The molecule has 21 heavy (non-hydrogen) atoms. The van der Waals surface area contributed by atoms with E-state index in [2.05, 4.69) is 4.89 Å². The van der Waals surface area contributed by atoms with Gasteiger partial charge in [0.15, 0.2) is 0 Å². The molecule has 0 aromatic heterocycles. The summed E-state index contributed by atoms with van der Waals surface area (Å²) in [5, 5.41) is 0. The number of methoxy groups -OCH3 is 1. The van der Waals surface area contributed by atoms with Crippen LogP contribution in [0.2, 0.25) is 0 Å². The molecule has 0 aliphatic carbocycles. The van der Waals surface area contributed by atoms with Crippen molar-refractivity contribution in [1.29, 1.82) is 0 Å². The molecule has 2 N–H and O–H groups in total. The van der Waals surface area contributed by atoms with Crippen molar-refractivity contribution in [2.24, 2.45) is 5.73 Å². The van der Waals surface area contributed by atoms with Crippen molar-refractivity contribution in [3.63, 3.8) is 0 Å². The van der Waals surface area contributed by atoms with Crippen molar-refractivity contribution in [3.05, 3.63) is 35.9 Å². The van der Waals surface area contributed by atoms with Gasteiger partial charge >= 0.3 is 5.97 Å². The van der Waals surface area contributed by atoms with Gasteiger partial charge in [-0.15, -0.1) is 0 Å². The minimum Gasteiger partial charge on any atom is -0.468 e. The summed E-state index contributed by atoms with van der Waals surface area (Å²) in [6.45, 7) is 1.43. The molecule has 1 fully saturated rings. The van der Waals surface area contributed by atoms with E-state index >= 15 is 0 Å². The van der Waals surface area contributed by atoms with Crippen LogP contribution >= 0.6 is 0 Å². The van der Waals surface area contributed by atoms with Crippen LogP contribution in [0.25, 0.3) is 0 Å². The summed E-state index contributed by atoms with van der Waals surface area (Å²) in [6, 6.07) is 9.60. The number of nitrogens with two attached hydrogens (primary N) is 1. The van der Waals surface area contributed by atoms with Crippen molar-refractivity contribution >= 4 is 5.97 Å². The molecule has 116 valence electrons. The molecule has 0 radical (unpaired) electrons. The largest absolute Gasteiger partial charge is 0.468 e. The van der Waals surface area contributed by atoms with Gasteiger partial charge in [0.1, 0.15) is 12.6 Å². The summed E-state index contributed by atoms with van der Waals surface area (Å²) < 4.78 is 4.89. The fourth-order valence-electron chi connectivity index (χ4n) is 2.73. The summed E-state index contributed by atoms with van der Waals surface area (Å²) >= 11 is 0. The van der Waals surface area contributed by atoms with Crippen LogP contribution in [-0.2, 0) is 25.9 Å². The molecule has 0 amide bonds. The molecule has 1 aromatic rings. The van der Waals surface area contributed by atoms with Gasteiger partial charge in [-0.3, -0.25) is 9.69 Å². The molecule has 0 saturated carbocycles. The third-order valence-corrected chi connectivity index (χ3v) is 3.72. The molecule has 1 heterocycles. The third kappa shape index (κ3) is 4.01. The van der Waals surface area contributed by atoms with E-state index in [4.69, 9.17) is 15.4 Å². The van der Waals surface area contributed by atoms with E-state index in [9.17, 15) is 4.79 Å². The molecule has 1 saturated heterocycles. The second kappa shape index (κ2) is 7.00. The lowest BCUT2D eigenvalue weighted by Gasteiger charge is -2.24. The molecule has 2 rings (SSSR count). The number of benzene rings is 1. The zero-order chi connectivity index (χ0) is 15.3. The molecule has 1 aliphatic heterocycles.